The molecule has 1 aromatic carbocycles. The Morgan fingerprint density at radius 2 is 2.28 bits per heavy atom. The molecule has 1 fully saturated rings. The summed E-state index contributed by atoms with van der Waals surface area (Å²) in [5, 5.41) is 11.0. The van der Waals surface area contributed by atoms with Crippen molar-refractivity contribution in [2.75, 3.05) is 37.7 Å². The number of nitrogens with one attached hydrogen (secondary N) is 1. The van der Waals surface area contributed by atoms with E-state index in [1.807, 2.05) is 0 Å². The van der Waals surface area contributed by atoms with Crippen LogP contribution < -0.4 is 11.1 Å². The molecule has 6 nitrogen and oxygen atoms in total. The number of carbonyl (C=O) groups excluding carboxylic acids is 1. The van der Waals surface area contributed by atoms with Gasteiger partial charge in [0.25, 0.3) is 0 Å². The van der Waals surface area contributed by atoms with Crippen LogP contribution in [0.5, 0.6) is 0 Å². The largest absolute Gasteiger partial charge is 0.374 e. The molecule has 1 atom stereocenters. The summed E-state index contributed by atoms with van der Waals surface area (Å²) in [7, 11) is 0. The predicted octanol–water partition coefficient (Wildman–Crippen LogP) is 2.13. The summed E-state index contributed by atoms with van der Waals surface area (Å²) in [6.07, 6.45) is 1.19. The fraction of sp³-hybridized carbons (Fsp3) is 0.471. The third-order valence-electron chi connectivity index (χ3n) is 4.40. The van der Waals surface area contributed by atoms with Crippen molar-refractivity contribution in [1.82, 2.24) is 20.4 Å². The molecule has 3 N–H and O–H groups in total. The highest BCUT2D eigenvalue weighted by Crippen LogP contribution is 2.29. The Bertz CT molecular complexity index is 721. The number of benzene rings is 1. The Morgan fingerprint density at radius 3 is 3.04 bits per heavy atom. The molecule has 1 unspecified atom stereocenters. The van der Waals surface area contributed by atoms with Crippen LogP contribution in [0.2, 0.25) is 0 Å². The van der Waals surface area contributed by atoms with E-state index in [0.29, 0.717) is 23.3 Å². The minimum atomic E-state index is 0.0217. The van der Waals surface area contributed by atoms with E-state index in [0.717, 1.165) is 24.0 Å². The molecule has 8 heteroatoms. The number of aryl methyl sites for hydroxylation is 1. The Labute approximate surface area is 156 Å². The molecule has 1 aliphatic rings. The van der Waals surface area contributed by atoms with Crippen molar-refractivity contribution in [1.29, 1.82) is 0 Å². The van der Waals surface area contributed by atoms with Crippen molar-refractivity contribution in [2.45, 2.75) is 23.6 Å². The zero-order valence-electron chi connectivity index (χ0n) is 14.3. The van der Waals surface area contributed by atoms with Crippen LogP contribution in [0.15, 0.2) is 28.6 Å². The molecule has 2 heterocycles. The molecule has 3 rings (SSSR count). The van der Waals surface area contributed by atoms with E-state index < -0.39 is 0 Å². The van der Waals surface area contributed by atoms with Crippen molar-refractivity contribution in [3.05, 3.63) is 35.4 Å². The number of aromatic nitrogens is 2. The van der Waals surface area contributed by atoms with Crippen LogP contribution in [0.3, 0.4) is 0 Å². The Morgan fingerprint density at radius 1 is 1.44 bits per heavy atom. The Balaban J connectivity index is 1.35. The van der Waals surface area contributed by atoms with Gasteiger partial charge in [-0.25, -0.2) is 0 Å². The number of anilines is 1. The van der Waals surface area contributed by atoms with E-state index in [9.17, 15) is 4.79 Å². The maximum atomic E-state index is 11.9. The molecule has 1 aromatic heterocycles. The molecule has 1 saturated heterocycles. The van der Waals surface area contributed by atoms with Gasteiger partial charge in [-0.3, -0.25) is 4.79 Å². The first-order valence-electron chi connectivity index (χ1n) is 8.38. The summed E-state index contributed by atoms with van der Waals surface area (Å²) in [6, 6.07) is 8.63. The molecular formula is C17H23N5OS2. The van der Waals surface area contributed by atoms with Gasteiger partial charge in [-0.15, -0.1) is 10.2 Å². The molecule has 134 valence electrons. The SMILES string of the molecule is Cc1ccccc1C1CCN(CCNC(=O)CSc2nnc(N)s2)C1. The molecule has 2 aromatic rings. The van der Waals surface area contributed by atoms with Crippen molar-refractivity contribution in [3.63, 3.8) is 0 Å². The van der Waals surface area contributed by atoms with Crippen LogP contribution >= 0.6 is 23.1 Å². The molecule has 1 aliphatic heterocycles. The lowest BCUT2D eigenvalue weighted by Gasteiger charge is -2.17. The molecular weight excluding hydrogens is 354 g/mol. The molecule has 0 bridgehead atoms. The maximum absolute atomic E-state index is 11.9. The quantitative estimate of drug-likeness (QED) is 0.719. The van der Waals surface area contributed by atoms with Gasteiger partial charge < -0.3 is 16.0 Å². The maximum Gasteiger partial charge on any atom is 0.230 e. The highest BCUT2D eigenvalue weighted by atomic mass is 32.2. The van der Waals surface area contributed by atoms with Gasteiger partial charge in [0.05, 0.1) is 5.75 Å². The van der Waals surface area contributed by atoms with Crippen LogP contribution in [0.25, 0.3) is 0 Å². The number of nitrogens with zero attached hydrogens (tertiary/aromatic N) is 3. The van der Waals surface area contributed by atoms with Gasteiger partial charge in [0.2, 0.25) is 11.0 Å². The minimum Gasteiger partial charge on any atom is -0.374 e. The lowest BCUT2D eigenvalue weighted by molar-refractivity contribution is -0.118. The molecule has 0 aliphatic carbocycles. The van der Waals surface area contributed by atoms with Gasteiger partial charge >= 0.3 is 0 Å². The lowest BCUT2D eigenvalue weighted by atomic mass is 9.94. The van der Waals surface area contributed by atoms with Crippen molar-refractivity contribution in [3.8, 4) is 0 Å². The average Bonchev–Trinajstić information content (AvgIpc) is 3.22. The first kappa shape index (κ1) is 18.2. The van der Waals surface area contributed by atoms with Gasteiger partial charge in [0.1, 0.15) is 0 Å². The minimum absolute atomic E-state index is 0.0217. The van der Waals surface area contributed by atoms with E-state index in [2.05, 4.69) is 51.6 Å². The summed E-state index contributed by atoms with van der Waals surface area (Å²) >= 11 is 2.67. The Hall–Kier alpha value is -1.64. The third kappa shape index (κ3) is 5.17. The number of nitrogen functional groups attached to an aromatic ring is 1. The normalized spacial score (nSPS) is 17.7. The first-order chi connectivity index (χ1) is 12.1. The van der Waals surface area contributed by atoms with E-state index >= 15 is 0 Å². The number of likely N-dealkylation sites (tertiary alicyclic amines) is 1. The van der Waals surface area contributed by atoms with Gasteiger partial charge in [-0.1, -0.05) is 47.4 Å². The van der Waals surface area contributed by atoms with Gasteiger partial charge in [-0.05, 0) is 36.9 Å². The number of rotatable bonds is 7. The van der Waals surface area contributed by atoms with E-state index in [4.69, 9.17) is 5.73 Å². The average molecular weight is 378 g/mol. The van der Waals surface area contributed by atoms with Gasteiger partial charge in [-0.2, -0.15) is 0 Å². The predicted molar refractivity (Wildman–Crippen MR) is 103 cm³/mol. The van der Waals surface area contributed by atoms with E-state index in [1.54, 1.807) is 0 Å². The second-order valence-corrected chi connectivity index (χ2v) is 8.42. The summed E-state index contributed by atoms with van der Waals surface area (Å²) < 4.78 is 0.730. The second-order valence-electron chi connectivity index (χ2n) is 6.19. The number of hydrogen-bond acceptors (Lipinski definition) is 7. The monoisotopic (exact) mass is 377 g/mol. The summed E-state index contributed by atoms with van der Waals surface area (Å²) in [6.45, 7) is 5.91. The third-order valence-corrected chi connectivity index (χ3v) is 6.29. The fourth-order valence-electron chi connectivity index (χ4n) is 3.14. The van der Waals surface area contributed by atoms with Gasteiger partial charge in [0, 0.05) is 19.6 Å². The molecule has 0 radical (unpaired) electrons. The van der Waals surface area contributed by atoms with Crippen LogP contribution in [-0.4, -0.2) is 52.9 Å². The summed E-state index contributed by atoms with van der Waals surface area (Å²) in [5.41, 5.74) is 8.36. The summed E-state index contributed by atoms with van der Waals surface area (Å²) in [4.78, 5) is 14.3. The topological polar surface area (TPSA) is 84.1 Å². The van der Waals surface area contributed by atoms with Crippen LogP contribution in [0.1, 0.15) is 23.5 Å². The number of thioether (sulfide) groups is 1. The highest BCUT2D eigenvalue weighted by molar-refractivity contribution is 8.01. The number of carbonyl (C=O) groups is 1. The summed E-state index contributed by atoms with van der Waals surface area (Å²) in [5.74, 6) is 0.976. The lowest BCUT2D eigenvalue weighted by Crippen LogP contribution is -2.34. The zero-order valence-corrected chi connectivity index (χ0v) is 15.9. The number of nitrogens with two attached hydrogens (primary N) is 1. The van der Waals surface area contributed by atoms with Crippen LogP contribution in [-0.2, 0) is 4.79 Å². The Kier molecular flexibility index (Phi) is 6.28. The number of amides is 1. The molecule has 1 amide bonds. The zero-order chi connectivity index (χ0) is 17.6. The van der Waals surface area contributed by atoms with Crippen molar-refractivity contribution >= 4 is 34.1 Å². The van der Waals surface area contributed by atoms with E-state index in [-0.39, 0.29) is 5.91 Å². The molecule has 0 saturated carbocycles. The second kappa shape index (κ2) is 8.64. The van der Waals surface area contributed by atoms with Gasteiger partial charge in [0.15, 0.2) is 4.34 Å². The van der Waals surface area contributed by atoms with Crippen molar-refractivity contribution < 1.29 is 4.79 Å². The molecule has 0 spiro atoms. The van der Waals surface area contributed by atoms with Crippen LogP contribution in [0.4, 0.5) is 5.13 Å². The van der Waals surface area contributed by atoms with Crippen molar-refractivity contribution in [2.24, 2.45) is 0 Å². The standard InChI is InChI=1S/C17H23N5OS2/c1-12-4-2-3-5-14(12)13-6-8-22(10-13)9-7-19-15(23)11-24-17-21-20-16(18)25-17/h2-5,13H,6-11H2,1H3,(H2,18,20)(H,19,23). The highest BCUT2D eigenvalue weighted by Gasteiger charge is 2.24. The smallest absolute Gasteiger partial charge is 0.230 e. The first-order valence-corrected chi connectivity index (χ1v) is 10.2. The molecule has 25 heavy (non-hydrogen) atoms. The number of hydrogen-bond donors (Lipinski definition) is 2. The van der Waals surface area contributed by atoms with Crippen LogP contribution in [0, 0.1) is 6.92 Å². The van der Waals surface area contributed by atoms with E-state index in [1.165, 1.54) is 40.6 Å². The fourth-order valence-corrected chi connectivity index (χ4v) is 4.61.